The highest BCUT2D eigenvalue weighted by Gasteiger charge is 2.08. The topological polar surface area (TPSA) is 64.3 Å². The molecule has 2 rings (SSSR count). The van der Waals surface area contributed by atoms with Crippen molar-refractivity contribution in [1.29, 1.82) is 0 Å². The average Bonchev–Trinajstić information content (AvgIpc) is 2.46. The Kier molecular flexibility index (Phi) is 5.31. The molecule has 0 bridgehead atoms. The number of nitrogen functional groups attached to an aromatic ring is 1. The van der Waals surface area contributed by atoms with Crippen LogP contribution in [0.5, 0.6) is 5.75 Å². The van der Waals surface area contributed by atoms with Crippen molar-refractivity contribution in [3.63, 3.8) is 0 Å². The van der Waals surface area contributed by atoms with Gasteiger partial charge in [-0.05, 0) is 24.3 Å². The van der Waals surface area contributed by atoms with Gasteiger partial charge in [0, 0.05) is 0 Å². The average molecular weight is 325 g/mol. The van der Waals surface area contributed by atoms with Crippen LogP contribution >= 0.6 is 23.2 Å². The molecule has 0 unspecified atom stereocenters. The summed E-state index contributed by atoms with van der Waals surface area (Å²) >= 11 is 11.9. The fourth-order valence-corrected chi connectivity index (χ4v) is 2.02. The molecule has 0 radical (unpaired) electrons. The molecule has 110 valence electrons. The van der Waals surface area contributed by atoms with Gasteiger partial charge in [0.15, 0.2) is 0 Å². The third-order valence-electron chi connectivity index (χ3n) is 2.74. The normalized spacial score (nSPS) is 10.2. The summed E-state index contributed by atoms with van der Waals surface area (Å²) < 4.78 is 5.45. The molecule has 2 aromatic carbocycles. The van der Waals surface area contributed by atoms with Gasteiger partial charge in [0.05, 0.1) is 29.4 Å². The fraction of sp³-hybridized carbons (Fsp3) is 0.133. The summed E-state index contributed by atoms with van der Waals surface area (Å²) in [6.45, 7) is 0.193. The van der Waals surface area contributed by atoms with E-state index in [1.54, 1.807) is 42.5 Å². The van der Waals surface area contributed by atoms with Crippen LogP contribution in [-0.2, 0) is 4.79 Å². The molecule has 0 saturated carbocycles. The van der Waals surface area contributed by atoms with Gasteiger partial charge in [-0.1, -0.05) is 41.4 Å². The lowest BCUT2D eigenvalue weighted by molar-refractivity contribution is -0.116. The first kappa shape index (κ1) is 15.5. The number of hydrogen-bond acceptors (Lipinski definition) is 3. The van der Waals surface area contributed by atoms with Crippen molar-refractivity contribution < 1.29 is 9.53 Å². The first-order valence-corrected chi connectivity index (χ1v) is 7.04. The van der Waals surface area contributed by atoms with E-state index in [0.717, 1.165) is 0 Å². The van der Waals surface area contributed by atoms with Gasteiger partial charge < -0.3 is 15.8 Å². The minimum atomic E-state index is -0.189. The Morgan fingerprint density at radius 3 is 2.67 bits per heavy atom. The minimum absolute atomic E-state index is 0.178. The van der Waals surface area contributed by atoms with Crippen LogP contribution in [0.4, 0.5) is 11.4 Å². The van der Waals surface area contributed by atoms with Crippen LogP contribution in [0.25, 0.3) is 0 Å². The minimum Gasteiger partial charge on any atom is -0.491 e. The first-order chi connectivity index (χ1) is 10.1. The van der Waals surface area contributed by atoms with Crippen molar-refractivity contribution >= 4 is 40.5 Å². The van der Waals surface area contributed by atoms with Crippen LogP contribution in [-0.4, -0.2) is 12.5 Å². The second kappa shape index (κ2) is 7.20. The predicted molar refractivity (Wildman–Crippen MR) is 86.1 cm³/mol. The van der Waals surface area contributed by atoms with E-state index in [0.29, 0.717) is 27.2 Å². The zero-order valence-electron chi connectivity index (χ0n) is 11.1. The van der Waals surface area contributed by atoms with Crippen LogP contribution in [0.15, 0.2) is 42.5 Å². The molecule has 2 aromatic rings. The lowest BCUT2D eigenvalue weighted by Crippen LogP contribution is -2.16. The lowest BCUT2D eigenvalue weighted by Gasteiger charge is -2.10. The van der Waals surface area contributed by atoms with E-state index in [-0.39, 0.29) is 18.9 Å². The number of carbonyl (C=O) groups is 1. The van der Waals surface area contributed by atoms with Crippen LogP contribution in [0.3, 0.4) is 0 Å². The van der Waals surface area contributed by atoms with E-state index < -0.39 is 0 Å². The Morgan fingerprint density at radius 2 is 1.90 bits per heavy atom. The SMILES string of the molecule is Nc1ccccc1NC(=O)CCOc1cccc(Cl)c1Cl. The number of ether oxygens (including phenoxy) is 1. The molecule has 0 saturated heterocycles. The molecular weight excluding hydrogens is 311 g/mol. The van der Waals surface area contributed by atoms with Crippen molar-refractivity contribution in [3.05, 3.63) is 52.5 Å². The van der Waals surface area contributed by atoms with Gasteiger partial charge in [-0.2, -0.15) is 0 Å². The molecule has 21 heavy (non-hydrogen) atoms. The standard InChI is InChI=1S/C15H14Cl2N2O2/c16-10-4-3-7-13(15(10)17)21-9-8-14(20)19-12-6-2-1-5-11(12)18/h1-7H,8-9,18H2,(H,19,20). The Balaban J connectivity index is 1.85. The summed E-state index contributed by atoms with van der Waals surface area (Å²) in [6, 6.07) is 12.2. The fourth-order valence-electron chi connectivity index (χ4n) is 1.67. The van der Waals surface area contributed by atoms with Gasteiger partial charge in [0.2, 0.25) is 5.91 Å². The highest BCUT2D eigenvalue weighted by atomic mass is 35.5. The van der Waals surface area contributed by atoms with E-state index in [1.165, 1.54) is 0 Å². The molecule has 0 aliphatic carbocycles. The summed E-state index contributed by atoms with van der Waals surface area (Å²) in [4.78, 5) is 11.8. The molecule has 1 amide bonds. The van der Waals surface area contributed by atoms with Gasteiger partial charge in [-0.3, -0.25) is 4.79 Å². The largest absolute Gasteiger partial charge is 0.491 e. The molecule has 4 nitrogen and oxygen atoms in total. The van der Waals surface area contributed by atoms with E-state index in [9.17, 15) is 4.79 Å². The molecular formula is C15H14Cl2N2O2. The van der Waals surface area contributed by atoms with Crippen LogP contribution in [0.1, 0.15) is 6.42 Å². The second-order valence-corrected chi connectivity index (χ2v) is 5.07. The number of carbonyl (C=O) groups excluding carboxylic acids is 1. The van der Waals surface area contributed by atoms with E-state index in [1.807, 2.05) is 0 Å². The molecule has 6 heteroatoms. The molecule has 0 aromatic heterocycles. The van der Waals surface area contributed by atoms with Crippen LogP contribution in [0, 0.1) is 0 Å². The maximum atomic E-state index is 11.8. The van der Waals surface area contributed by atoms with Gasteiger partial charge in [0.25, 0.3) is 0 Å². The maximum Gasteiger partial charge on any atom is 0.227 e. The number of amides is 1. The molecule has 0 aliphatic heterocycles. The summed E-state index contributed by atoms with van der Waals surface area (Å²) in [5, 5.41) is 3.47. The Bertz CT molecular complexity index is 647. The first-order valence-electron chi connectivity index (χ1n) is 6.29. The van der Waals surface area contributed by atoms with Crippen LogP contribution < -0.4 is 15.8 Å². The predicted octanol–water partition coefficient (Wildman–Crippen LogP) is 3.98. The van der Waals surface area contributed by atoms with Crippen molar-refractivity contribution in [3.8, 4) is 5.75 Å². The summed E-state index contributed by atoms with van der Waals surface area (Å²) in [5.74, 6) is 0.266. The number of halogens is 2. The van der Waals surface area contributed by atoms with E-state index in [2.05, 4.69) is 5.32 Å². The second-order valence-electron chi connectivity index (χ2n) is 4.29. The Morgan fingerprint density at radius 1 is 1.14 bits per heavy atom. The van der Waals surface area contributed by atoms with Crippen molar-refractivity contribution in [2.45, 2.75) is 6.42 Å². The molecule has 0 spiro atoms. The summed E-state index contributed by atoms with van der Waals surface area (Å²) in [6.07, 6.45) is 0.178. The Hall–Kier alpha value is -1.91. The zero-order chi connectivity index (χ0) is 15.2. The van der Waals surface area contributed by atoms with Gasteiger partial charge in [0.1, 0.15) is 10.8 Å². The number of benzene rings is 2. The third kappa shape index (κ3) is 4.28. The molecule has 0 atom stereocenters. The smallest absolute Gasteiger partial charge is 0.227 e. The monoisotopic (exact) mass is 324 g/mol. The van der Waals surface area contributed by atoms with Crippen LogP contribution in [0.2, 0.25) is 10.0 Å². The maximum absolute atomic E-state index is 11.8. The number of nitrogens with two attached hydrogens (primary N) is 1. The third-order valence-corrected chi connectivity index (χ3v) is 3.54. The summed E-state index contributed by atoms with van der Waals surface area (Å²) in [7, 11) is 0. The number of rotatable bonds is 5. The van der Waals surface area contributed by atoms with E-state index >= 15 is 0 Å². The number of nitrogens with one attached hydrogen (secondary N) is 1. The van der Waals surface area contributed by atoms with Gasteiger partial charge >= 0.3 is 0 Å². The summed E-state index contributed by atoms with van der Waals surface area (Å²) in [5.41, 5.74) is 6.85. The zero-order valence-corrected chi connectivity index (χ0v) is 12.6. The lowest BCUT2D eigenvalue weighted by atomic mass is 10.2. The van der Waals surface area contributed by atoms with Gasteiger partial charge in [-0.25, -0.2) is 0 Å². The molecule has 0 aliphatic rings. The van der Waals surface area contributed by atoms with Crippen molar-refractivity contribution in [2.24, 2.45) is 0 Å². The highest BCUT2D eigenvalue weighted by Crippen LogP contribution is 2.31. The Labute approximate surface area is 132 Å². The number of anilines is 2. The molecule has 0 fully saturated rings. The molecule has 0 heterocycles. The van der Waals surface area contributed by atoms with Crippen molar-refractivity contribution in [1.82, 2.24) is 0 Å². The number of para-hydroxylation sites is 2. The molecule has 3 N–H and O–H groups in total. The highest BCUT2D eigenvalue weighted by molar-refractivity contribution is 6.42. The van der Waals surface area contributed by atoms with Gasteiger partial charge in [-0.15, -0.1) is 0 Å². The quantitative estimate of drug-likeness (QED) is 0.817. The van der Waals surface area contributed by atoms with E-state index in [4.69, 9.17) is 33.7 Å². The van der Waals surface area contributed by atoms with Crippen molar-refractivity contribution in [2.75, 3.05) is 17.7 Å². The number of hydrogen-bond donors (Lipinski definition) is 2.